The Morgan fingerprint density at radius 3 is 2.57 bits per heavy atom. The number of hydrogen-bond donors (Lipinski definition) is 1. The SMILES string of the molecule is Cc1nc(Br)cc(NCC(F)(F)F)n1. The Morgan fingerprint density at radius 2 is 2.07 bits per heavy atom. The summed E-state index contributed by atoms with van der Waals surface area (Å²) in [6, 6.07) is 1.39. The van der Waals surface area contributed by atoms with Crippen molar-refractivity contribution in [2.75, 3.05) is 11.9 Å². The molecule has 1 aromatic rings. The molecule has 0 fully saturated rings. The van der Waals surface area contributed by atoms with Gasteiger partial charge in [-0.3, -0.25) is 0 Å². The normalized spacial score (nSPS) is 11.5. The van der Waals surface area contributed by atoms with E-state index in [9.17, 15) is 13.2 Å². The first-order chi connectivity index (χ1) is 6.37. The smallest absolute Gasteiger partial charge is 0.361 e. The van der Waals surface area contributed by atoms with Gasteiger partial charge in [-0.1, -0.05) is 0 Å². The van der Waals surface area contributed by atoms with E-state index in [4.69, 9.17) is 0 Å². The highest BCUT2D eigenvalue weighted by molar-refractivity contribution is 9.10. The van der Waals surface area contributed by atoms with Crippen molar-refractivity contribution in [3.8, 4) is 0 Å². The molecule has 3 nitrogen and oxygen atoms in total. The monoisotopic (exact) mass is 269 g/mol. The van der Waals surface area contributed by atoms with Crippen molar-refractivity contribution in [3.63, 3.8) is 0 Å². The maximum atomic E-state index is 11.8. The zero-order valence-electron chi connectivity index (χ0n) is 7.19. The molecule has 0 saturated carbocycles. The molecule has 1 aromatic heterocycles. The maximum Gasteiger partial charge on any atom is 0.405 e. The van der Waals surface area contributed by atoms with Gasteiger partial charge in [0.1, 0.15) is 22.8 Å². The molecule has 1 heterocycles. The third kappa shape index (κ3) is 3.91. The number of aromatic nitrogens is 2. The van der Waals surface area contributed by atoms with E-state index in [1.54, 1.807) is 6.92 Å². The Balaban J connectivity index is 2.68. The lowest BCUT2D eigenvalue weighted by molar-refractivity contribution is -0.115. The van der Waals surface area contributed by atoms with Gasteiger partial charge in [-0.25, -0.2) is 9.97 Å². The lowest BCUT2D eigenvalue weighted by Gasteiger charge is -2.08. The van der Waals surface area contributed by atoms with Crippen molar-refractivity contribution in [1.29, 1.82) is 0 Å². The Labute approximate surface area is 86.9 Å². The third-order valence-electron chi connectivity index (χ3n) is 1.28. The van der Waals surface area contributed by atoms with Crippen LogP contribution < -0.4 is 5.32 Å². The Hall–Kier alpha value is -0.850. The zero-order valence-corrected chi connectivity index (χ0v) is 8.78. The molecule has 0 saturated heterocycles. The molecule has 0 aromatic carbocycles. The summed E-state index contributed by atoms with van der Waals surface area (Å²) < 4.78 is 35.9. The standard InChI is InChI=1S/C7H7BrF3N3/c1-4-13-5(8)2-6(14-4)12-3-7(9,10)11/h2H,3H2,1H3,(H,12,13,14). The number of nitrogens with one attached hydrogen (secondary N) is 1. The number of aryl methyl sites for hydroxylation is 1. The zero-order chi connectivity index (χ0) is 10.8. The molecule has 1 rings (SSSR count). The summed E-state index contributed by atoms with van der Waals surface area (Å²) in [7, 11) is 0. The fourth-order valence-electron chi connectivity index (χ4n) is 0.813. The van der Waals surface area contributed by atoms with Gasteiger partial charge < -0.3 is 5.32 Å². The number of nitrogens with zero attached hydrogens (tertiary/aromatic N) is 2. The van der Waals surface area contributed by atoms with Crippen molar-refractivity contribution >= 4 is 21.7 Å². The quantitative estimate of drug-likeness (QED) is 0.839. The van der Waals surface area contributed by atoms with Crippen LogP contribution in [-0.4, -0.2) is 22.7 Å². The molecule has 0 aliphatic rings. The molecular weight excluding hydrogens is 263 g/mol. The summed E-state index contributed by atoms with van der Waals surface area (Å²) >= 11 is 3.06. The average Bonchev–Trinajstić information content (AvgIpc) is 1.97. The number of alkyl halides is 3. The third-order valence-corrected chi connectivity index (χ3v) is 1.68. The number of rotatable bonds is 2. The minimum Gasteiger partial charge on any atom is -0.361 e. The Morgan fingerprint density at radius 1 is 1.43 bits per heavy atom. The van der Waals surface area contributed by atoms with E-state index in [1.807, 2.05) is 0 Å². The first kappa shape index (κ1) is 11.2. The number of halogens is 4. The van der Waals surface area contributed by atoms with E-state index < -0.39 is 12.7 Å². The molecule has 7 heteroatoms. The maximum absolute atomic E-state index is 11.8. The van der Waals surface area contributed by atoms with Crippen molar-refractivity contribution in [3.05, 3.63) is 16.5 Å². The van der Waals surface area contributed by atoms with Crippen LogP contribution in [0.5, 0.6) is 0 Å². The first-order valence-electron chi connectivity index (χ1n) is 3.68. The fourth-order valence-corrected chi connectivity index (χ4v) is 1.29. The summed E-state index contributed by atoms with van der Waals surface area (Å²) in [5, 5.41) is 2.16. The van der Waals surface area contributed by atoms with Crippen LogP contribution in [0.3, 0.4) is 0 Å². The molecule has 0 radical (unpaired) electrons. The van der Waals surface area contributed by atoms with Crippen LogP contribution in [0.15, 0.2) is 10.7 Å². The van der Waals surface area contributed by atoms with E-state index >= 15 is 0 Å². The summed E-state index contributed by atoms with van der Waals surface area (Å²) in [5.74, 6) is 0.561. The minimum absolute atomic E-state index is 0.154. The van der Waals surface area contributed by atoms with Crippen LogP contribution in [0.1, 0.15) is 5.82 Å². The average molecular weight is 270 g/mol. The highest BCUT2D eigenvalue weighted by atomic mass is 79.9. The van der Waals surface area contributed by atoms with Gasteiger partial charge in [0.2, 0.25) is 0 Å². The molecule has 1 N–H and O–H groups in total. The molecule has 0 unspecified atom stereocenters. The molecule has 0 aliphatic heterocycles. The molecule has 78 valence electrons. The molecule has 0 amide bonds. The van der Waals surface area contributed by atoms with Crippen LogP contribution in [0, 0.1) is 6.92 Å². The van der Waals surface area contributed by atoms with Gasteiger partial charge in [-0.05, 0) is 22.9 Å². The van der Waals surface area contributed by atoms with E-state index in [1.165, 1.54) is 6.07 Å². The topological polar surface area (TPSA) is 37.8 Å². The summed E-state index contributed by atoms with van der Waals surface area (Å²) in [6.45, 7) is 0.499. The lowest BCUT2D eigenvalue weighted by atomic mass is 10.5. The van der Waals surface area contributed by atoms with Crippen molar-refractivity contribution < 1.29 is 13.2 Å². The molecule has 14 heavy (non-hydrogen) atoms. The summed E-state index contributed by atoms with van der Waals surface area (Å²) in [4.78, 5) is 7.65. The largest absolute Gasteiger partial charge is 0.405 e. The second-order valence-corrected chi connectivity index (χ2v) is 3.40. The van der Waals surface area contributed by atoms with Gasteiger partial charge in [0, 0.05) is 6.07 Å². The van der Waals surface area contributed by atoms with Crippen LogP contribution in [0.4, 0.5) is 19.0 Å². The summed E-state index contributed by atoms with van der Waals surface area (Å²) in [6.07, 6.45) is -4.24. The van der Waals surface area contributed by atoms with E-state index in [-0.39, 0.29) is 5.82 Å². The van der Waals surface area contributed by atoms with Crippen LogP contribution in [0.25, 0.3) is 0 Å². The van der Waals surface area contributed by atoms with Crippen LogP contribution >= 0.6 is 15.9 Å². The van der Waals surface area contributed by atoms with E-state index in [2.05, 4.69) is 31.2 Å². The fraction of sp³-hybridized carbons (Fsp3) is 0.429. The summed E-state index contributed by atoms with van der Waals surface area (Å²) in [5.41, 5.74) is 0. The van der Waals surface area contributed by atoms with Gasteiger partial charge in [-0.15, -0.1) is 0 Å². The van der Waals surface area contributed by atoms with Gasteiger partial charge in [0.15, 0.2) is 0 Å². The second kappa shape index (κ2) is 4.12. The van der Waals surface area contributed by atoms with E-state index in [0.29, 0.717) is 10.4 Å². The molecular formula is C7H7BrF3N3. The van der Waals surface area contributed by atoms with E-state index in [0.717, 1.165) is 0 Å². The van der Waals surface area contributed by atoms with Crippen molar-refractivity contribution in [2.45, 2.75) is 13.1 Å². The highest BCUT2D eigenvalue weighted by Crippen LogP contribution is 2.17. The molecule has 0 aliphatic carbocycles. The van der Waals surface area contributed by atoms with Gasteiger partial charge in [0.05, 0.1) is 0 Å². The molecule has 0 atom stereocenters. The number of hydrogen-bond acceptors (Lipinski definition) is 3. The van der Waals surface area contributed by atoms with Crippen molar-refractivity contribution in [2.24, 2.45) is 0 Å². The van der Waals surface area contributed by atoms with Gasteiger partial charge in [0.25, 0.3) is 0 Å². The Bertz CT molecular complexity index is 306. The second-order valence-electron chi connectivity index (χ2n) is 2.59. The van der Waals surface area contributed by atoms with Crippen molar-refractivity contribution in [1.82, 2.24) is 9.97 Å². The van der Waals surface area contributed by atoms with Crippen LogP contribution in [-0.2, 0) is 0 Å². The molecule has 0 bridgehead atoms. The predicted molar refractivity (Wildman–Crippen MR) is 49.0 cm³/mol. The minimum atomic E-state index is -4.24. The van der Waals surface area contributed by atoms with Gasteiger partial charge >= 0.3 is 6.18 Å². The predicted octanol–water partition coefficient (Wildman–Crippen LogP) is 2.52. The highest BCUT2D eigenvalue weighted by Gasteiger charge is 2.26. The Kier molecular flexibility index (Phi) is 3.30. The van der Waals surface area contributed by atoms with Gasteiger partial charge in [-0.2, -0.15) is 13.2 Å². The first-order valence-corrected chi connectivity index (χ1v) is 4.48. The lowest BCUT2D eigenvalue weighted by Crippen LogP contribution is -2.22. The van der Waals surface area contributed by atoms with Crippen LogP contribution in [0.2, 0.25) is 0 Å². The molecule has 0 spiro atoms. The number of anilines is 1.